The lowest BCUT2D eigenvalue weighted by atomic mass is 9.73. The number of hydrogen-bond acceptors (Lipinski definition) is 6. The van der Waals surface area contributed by atoms with E-state index in [1.807, 2.05) is 23.0 Å². The number of pyridine rings is 1. The number of rotatable bonds is 12. The van der Waals surface area contributed by atoms with Crippen molar-refractivity contribution in [2.75, 3.05) is 26.8 Å². The number of nitrogens with zero attached hydrogens (tertiary/aromatic N) is 5. The van der Waals surface area contributed by atoms with Gasteiger partial charge in [0.2, 0.25) is 0 Å². The number of benzene rings is 2. The third-order valence-electron chi connectivity index (χ3n) is 8.73. The minimum atomic E-state index is -0.0629. The van der Waals surface area contributed by atoms with Crippen molar-refractivity contribution < 1.29 is 9.47 Å². The van der Waals surface area contributed by atoms with Crippen LogP contribution >= 0.6 is 0 Å². The van der Waals surface area contributed by atoms with E-state index in [2.05, 4.69) is 81.5 Å². The number of hydrogen-bond donors (Lipinski definition) is 0. The number of piperidine rings is 3. The van der Waals surface area contributed by atoms with Crippen LogP contribution in [0, 0.1) is 11.8 Å². The number of ether oxygens (including phenoxy) is 2. The molecule has 0 radical (unpaired) electrons. The van der Waals surface area contributed by atoms with Crippen molar-refractivity contribution in [2.24, 2.45) is 11.8 Å². The Labute approximate surface area is 236 Å². The van der Waals surface area contributed by atoms with Crippen molar-refractivity contribution in [3.8, 4) is 5.75 Å². The van der Waals surface area contributed by atoms with Gasteiger partial charge in [-0.05, 0) is 79.5 Å². The Morgan fingerprint density at radius 3 is 2.83 bits per heavy atom. The van der Waals surface area contributed by atoms with Crippen LogP contribution in [0.15, 0.2) is 79.6 Å². The maximum Gasteiger partial charge on any atom is 0.119 e. The van der Waals surface area contributed by atoms with Gasteiger partial charge in [-0.2, -0.15) is 0 Å². The predicted octanol–water partition coefficient (Wildman–Crippen LogP) is 5.66. The van der Waals surface area contributed by atoms with E-state index in [0.29, 0.717) is 24.5 Å². The number of methoxy groups -OCH3 is 1. The average Bonchev–Trinajstić information content (AvgIpc) is 3.47. The fourth-order valence-corrected chi connectivity index (χ4v) is 6.56. The third-order valence-corrected chi connectivity index (χ3v) is 8.73. The molecule has 0 spiro atoms. The molecule has 7 heteroatoms. The molecule has 2 aromatic heterocycles. The second-order valence-electron chi connectivity index (χ2n) is 11.1. The van der Waals surface area contributed by atoms with Gasteiger partial charge in [0.1, 0.15) is 5.75 Å². The Balaban J connectivity index is 1.16. The third kappa shape index (κ3) is 5.81. The molecule has 3 aliphatic rings. The van der Waals surface area contributed by atoms with E-state index in [1.54, 1.807) is 7.11 Å². The van der Waals surface area contributed by atoms with Gasteiger partial charge in [0.05, 0.1) is 31.0 Å². The molecule has 3 aliphatic heterocycles. The summed E-state index contributed by atoms with van der Waals surface area (Å²) in [6.07, 6.45) is 11.2. The number of aromatic nitrogens is 4. The maximum atomic E-state index is 6.81. The van der Waals surface area contributed by atoms with E-state index in [1.165, 1.54) is 17.5 Å². The van der Waals surface area contributed by atoms with Crippen LogP contribution in [0.25, 0.3) is 10.9 Å². The molecule has 7 nitrogen and oxygen atoms in total. The summed E-state index contributed by atoms with van der Waals surface area (Å²) in [5.74, 6) is 2.07. The Morgan fingerprint density at radius 1 is 1.12 bits per heavy atom. The van der Waals surface area contributed by atoms with E-state index >= 15 is 0 Å². The van der Waals surface area contributed by atoms with Crippen molar-refractivity contribution in [2.45, 2.75) is 50.8 Å². The fourth-order valence-electron chi connectivity index (χ4n) is 6.56. The maximum absolute atomic E-state index is 6.81. The molecule has 5 heterocycles. The average molecular weight is 538 g/mol. The van der Waals surface area contributed by atoms with Crippen LogP contribution in [0.3, 0.4) is 0 Å². The summed E-state index contributed by atoms with van der Waals surface area (Å²) in [7, 11) is 1.71. The van der Waals surface area contributed by atoms with E-state index < -0.39 is 0 Å². The van der Waals surface area contributed by atoms with Crippen LogP contribution in [0.1, 0.15) is 42.2 Å². The zero-order valence-corrected chi connectivity index (χ0v) is 23.4. The molecule has 2 aromatic carbocycles. The van der Waals surface area contributed by atoms with Gasteiger partial charge in [-0.25, -0.2) is 0 Å². The number of aryl methyl sites for hydroxylation is 2. The van der Waals surface area contributed by atoms with Crippen molar-refractivity contribution in [1.82, 2.24) is 24.9 Å². The molecule has 0 N–H and O–H groups in total. The molecular weight excluding hydrogens is 498 g/mol. The molecular formula is C33H39N5O2. The van der Waals surface area contributed by atoms with Gasteiger partial charge >= 0.3 is 0 Å². The lowest BCUT2D eigenvalue weighted by Gasteiger charge is -2.51. The summed E-state index contributed by atoms with van der Waals surface area (Å²) in [6, 6.07) is 19.1. The second-order valence-corrected chi connectivity index (χ2v) is 11.1. The molecule has 7 rings (SSSR count). The molecule has 40 heavy (non-hydrogen) atoms. The van der Waals surface area contributed by atoms with Crippen LogP contribution < -0.4 is 4.74 Å². The van der Waals surface area contributed by atoms with Gasteiger partial charge in [-0.3, -0.25) is 14.6 Å². The highest BCUT2D eigenvalue weighted by Crippen LogP contribution is 2.43. The van der Waals surface area contributed by atoms with E-state index in [0.717, 1.165) is 67.7 Å². The lowest BCUT2D eigenvalue weighted by Crippen LogP contribution is -2.55. The van der Waals surface area contributed by atoms with E-state index in [9.17, 15) is 0 Å². The van der Waals surface area contributed by atoms with Crippen LogP contribution in [0.5, 0.6) is 5.75 Å². The molecule has 3 saturated heterocycles. The fraction of sp³-hybridized carbons (Fsp3) is 0.424. The minimum absolute atomic E-state index is 0.0629. The van der Waals surface area contributed by atoms with Gasteiger partial charge in [0, 0.05) is 43.3 Å². The summed E-state index contributed by atoms with van der Waals surface area (Å²) < 4.78 is 14.3. The number of fused-ring (bicyclic) bond motifs is 4. The summed E-state index contributed by atoms with van der Waals surface area (Å²) in [6.45, 7) is 7.73. The minimum Gasteiger partial charge on any atom is -0.497 e. The molecule has 1 unspecified atom stereocenters. The van der Waals surface area contributed by atoms with Crippen LogP contribution in [-0.2, 0) is 24.1 Å². The SMILES string of the molecule is C=C[C@H]1CN2CC[C@H]1C[C@@H]2[C@H](OCCc1cn(CCCc2ccccc2)nn1)c1ccnc2ccc(OC)cc12. The molecule has 3 fully saturated rings. The van der Waals surface area contributed by atoms with Gasteiger partial charge in [0.15, 0.2) is 0 Å². The van der Waals surface area contributed by atoms with Crippen molar-refractivity contribution in [3.63, 3.8) is 0 Å². The topological polar surface area (TPSA) is 65.3 Å². The van der Waals surface area contributed by atoms with Crippen LogP contribution in [0.2, 0.25) is 0 Å². The zero-order chi connectivity index (χ0) is 27.3. The first kappa shape index (κ1) is 26.7. The van der Waals surface area contributed by atoms with E-state index in [4.69, 9.17) is 9.47 Å². The van der Waals surface area contributed by atoms with Gasteiger partial charge in [-0.1, -0.05) is 41.6 Å². The predicted molar refractivity (Wildman–Crippen MR) is 157 cm³/mol. The molecule has 2 bridgehead atoms. The van der Waals surface area contributed by atoms with Crippen LogP contribution in [-0.4, -0.2) is 57.7 Å². The normalized spacial score (nSPS) is 22.8. The van der Waals surface area contributed by atoms with Crippen molar-refractivity contribution in [3.05, 3.63) is 96.5 Å². The quantitative estimate of drug-likeness (QED) is 0.217. The van der Waals surface area contributed by atoms with Gasteiger partial charge < -0.3 is 9.47 Å². The largest absolute Gasteiger partial charge is 0.497 e. The molecule has 208 valence electrons. The molecule has 4 aromatic rings. The second kappa shape index (κ2) is 12.3. The standard InChI is InChI=1S/C33H39N5O2/c1-3-25-22-37-18-14-26(25)20-32(37)33(29-13-16-34-31-12-11-28(39-2)21-30(29)31)40-19-15-27-23-38(36-35-27)17-7-10-24-8-5-4-6-9-24/h3-6,8-9,11-13,16,21,23,25-26,32-33H,1,7,10,14-15,17-20,22H2,2H3/t25-,26-,32+,33+/m0/s1. The Morgan fingerprint density at radius 2 is 2.02 bits per heavy atom. The van der Waals surface area contributed by atoms with Gasteiger partial charge in [0.25, 0.3) is 0 Å². The molecule has 5 atom stereocenters. The van der Waals surface area contributed by atoms with Gasteiger partial charge in [-0.15, -0.1) is 11.7 Å². The summed E-state index contributed by atoms with van der Waals surface area (Å²) >= 11 is 0. The molecule has 0 amide bonds. The van der Waals surface area contributed by atoms with Crippen LogP contribution in [0.4, 0.5) is 0 Å². The highest BCUT2D eigenvalue weighted by atomic mass is 16.5. The monoisotopic (exact) mass is 537 g/mol. The Hall–Kier alpha value is -3.55. The smallest absolute Gasteiger partial charge is 0.119 e. The summed E-state index contributed by atoms with van der Waals surface area (Å²) in [5.41, 5.74) is 4.47. The Kier molecular flexibility index (Phi) is 8.21. The molecule has 0 saturated carbocycles. The lowest BCUT2D eigenvalue weighted by molar-refractivity contribution is -0.0742. The molecule has 0 aliphatic carbocycles. The Bertz CT molecular complexity index is 1420. The van der Waals surface area contributed by atoms with Crippen molar-refractivity contribution in [1.29, 1.82) is 0 Å². The first-order valence-electron chi connectivity index (χ1n) is 14.6. The first-order chi connectivity index (χ1) is 19.7. The van der Waals surface area contributed by atoms with Crippen molar-refractivity contribution >= 4 is 10.9 Å². The highest BCUT2D eigenvalue weighted by Gasteiger charge is 2.43. The van der Waals surface area contributed by atoms with E-state index in [-0.39, 0.29) is 6.10 Å². The first-order valence-corrected chi connectivity index (χ1v) is 14.6. The summed E-state index contributed by atoms with van der Waals surface area (Å²) in [5, 5.41) is 9.91. The highest BCUT2D eigenvalue weighted by molar-refractivity contribution is 5.84. The zero-order valence-electron chi connectivity index (χ0n) is 23.4. The summed E-state index contributed by atoms with van der Waals surface area (Å²) in [4.78, 5) is 7.25.